The van der Waals surface area contributed by atoms with Gasteiger partial charge in [0.15, 0.2) is 0 Å². The van der Waals surface area contributed by atoms with Crippen molar-refractivity contribution in [3.05, 3.63) is 94.1 Å². The molecule has 0 aliphatic heterocycles. The van der Waals surface area contributed by atoms with Crippen LogP contribution in [0.25, 0.3) is 10.9 Å². The number of rotatable bonds is 4. The summed E-state index contributed by atoms with van der Waals surface area (Å²) >= 11 is 12.4. The maximum atomic E-state index is 12.9. The van der Waals surface area contributed by atoms with Gasteiger partial charge in [0, 0.05) is 24.3 Å². The predicted molar refractivity (Wildman–Crippen MR) is 135 cm³/mol. The number of hydrogen-bond donors (Lipinski definition) is 2. The van der Waals surface area contributed by atoms with E-state index in [1.54, 1.807) is 43.6 Å². The Hall–Kier alpha value is -3.61. The molecule has 166 valence electrons. The summed E-state index contributed by atoms with van der Waals surface area (Å²) in [6, 6.07) is 19.3. The monoisotopic (exact) mass is 478 g/mol. The number of carbonyl (C=O) groups excluding carboxylic acids is 2. The van der Waals surface area contributed by atoms with Crippen molar-refractivity contribution in [2.75, 3.05) is 22.6 Å². The van der Waals surface area contributed by atoms with Crippen LogP contribution in [0.2, 0.25) is 10.0 Å². The number of aryl methyl sites for hydroxylation is 1. The molecule has 1 heterocycles. The summed E-state index contributed by atoms with van der Waals surface area (Å²) in [5.74, 6) is -0.449. The van der Waals surface area contributed by atoms with Crippen LogP contribution in [-0.2, 0) is 0 Å². The summed E-state index contributed by atoms with van der Waals surface area (Å²) in [7, 11) is 1.70. The largest absolute Gasteiger partial charge is 0.326 e. The van der Waals surface area contributed by atoms with E-state index in [-0.39, 0.29) is 21.6 Å². The number of anilines is 3. The van der Waals surface area contributed by atoms with Crippen molar-refractivity contribution in [1.29, 1.82) is 0 Å². The molecule has 2 N–H and O–H groups in total. The number of hydrogen-bond acceptors (Lipinski definition) is 3. The molecule has 0 spiro atoms. The molecule has 33 heavy (non-hydrogen) atoms. The van der Waals surface area contributed by atoms with E-state index in [1.165, 1.54) is 4.90 Å². The number of nitrogens with one attached hydrogen (secondary N) is 2. The standard InChI is InChI=1S/C25H20Cl2N4O2/c1-15-14-28-23-17(22(15)30-25(33)31(2)16-8-4-3-5-9-16)10-6-13-20(23)29-24(32)21-18(26)11-7-12-19(21)27/h3-14H,1-2H3,(H,29,32)(H,28,30,33). The van der Waals surface area contributed by atoms with Crippen molar-refractivity contribution in [1.82, 2.24) is 4.98 Å². The van der Waals surface area contributed by atoms with Crippen LogP contribution >= 0.6 is 23.2 Å². The van der Waals surface area contributed by atoms with Gasteiger partial charge in [0.2, 0.25) is 0 Å². The van der Waals surface area contributed by atoms with E-state index in [0.29, 0.717) is 22.3 Å². The van der Waals surface area contributed by atoms with Gasteiger partial charge in [0.1, 0.15) is 0 Å². The molecule has 4 aromatic rings. The van der Waals surface area contributed by atoms with Crippen molar-refractivity contribution in [2.45, 2.75) is 6.92 Å². The number of urea groups is 1. The highest BCUT2D eigenvalue weighted by Crippen LogP contribution is 2.32. The molecule has 3 amide bonds. The molecule has 0 bridgehead atoms. The third-order valence-electron chi connectivity index (χ3n) is 5.21. The lowest BCUT2D eigenvalue weighted by Crippen LogP contribution is -2.31. The van der Waals surface area contributed by atoms with Gasteiger partial charge >= 0.3 is 6.03 Å². The zero-order valence-electron chi connectivity index (χ0n) is 17.9. The van der Waals surface area contributed by atoms with Gasteiger partial charge in [-0.3, -0.25) is 14.7 Å². The Labute approximate surface area is 201 Å². The first-order valence-corrected chi connectivity index (χ1v) is 10.9. The minimum absolute atomic E-state index is 0.183. The third-order valence-corrected chi connectivity index (χ3v) is 5.84. The normalized spacial score (nSPS) is 10.7. The van der Waals surface area contributed by atoms with E-state index in [0.717, 1.165) is 11.3 Å². The lowest BCUT2D eigenvalue weighted by Gasteiger charge is -2.20. The van der Waals surface area contributed by atoms with Gasteiger partial charge in [-0.15, -0.1) is 0 Å². The Morgan fingerprint density at radius 2 is 1.55 bits per heavy atom. The highest BCUT2D eigenvalue weighted by atomic mass is 35.5. The summed E-state index contributed by atoms with van der Waals surface area (Å²) in [4.78, 5) is 31.8. The quantitative estimate of drug-likeness (QED) is 0.339. The molecule has 1 aromatic heterocycles. The molecular formula is C25H20Cl2N4O2. The summed E-state index contributed by atoms with van der Waals surface area (Å²) in [5.41, 5.74) is 3.34. The van der Waals surface area contributed by atoms with Crippen molar-refractivity contribution >= 4 is 63.1 Å². The summed E-state index contributed by atoms with van der Waals surface area (Å²) < 4.78 is 0. The number of halogens is 2. The molecule has 0 fully saturated rings. The fourth-order valence-electron chi connectivity index (χ4n) is 3.45. The molecular weight excluding hydrogens is 459 g/mol. The van der Waals surface area contributed by atoms with Crippen LogP contribution in [0.3, 0.4) is 0 Å². The first kappa shape index (κ1) is 22.6. The highest BCUT2D eigenvalue weighted by molar-refractivity contribution is 6.40. The van der Waals surface area contributed by atoms with Crippen LogP contribution in [0.4, 0.5) is 21.9 Å². The van der Waals surface area contributed by atoms with Crippen molar-refractivity contribution in [3.63, 3.8) is 0 Å². The van der Waals surface area contributed by atoms with E-state index >= 15 is 0 Å². The topological polar surface area (TPSA) is 74.3 Å². The average molecular weight is 479 g/mol. The number of fused-ring (bicyclic) bond motifs is 1. The van der Waals surface area contributed by atoms with Gasteiger partial charge in [0.05, 0.1) is 32.5 Å². The Morgan fingerprint density at radius 1 is 0.879 bits per heavy atom. The fraction of sp³-hybridized carbons (Fsp3) is 0.0800. The van der Waals surface area contributed by atoms with Gasteiger partial charge in [-0.1, -0.05) is 59.6 Å². The van der Waals surface area contributed by atoms with Crippen molar-refractivity contribution < 1.29 is 9.59 Å². The van der Waals surface area contributed by atoms with Gasteiger partial charge in [-0.05, 0) is 42.8 Å². The fourth-order valence-corrected chi connectivity index (χ4v) is 4.02. The molecule has 0 saturated heterocycles. The Bertz CT molecular complexity index is 1340. The van der Waals surface area contributed by atoms with E-state index in [2.05, 4.69) is 15.6 Å². The SMILES string of the molecule is Cc1cnc2c(NC(=O)c3c(Cl)cccc3Cl)cccc2c1NC(=O)N(C)c1ccccc1. The van der Waals surface area contributed by atoms with Crippen LogP contribution in [-0.4, -0.2) is 24.0 Å². The highest BCUT2D eigenvalue weighted by Gasteiger charge is 2.18. The Balaban J connectivity index is 1.68. The average Bonchev–Trinajstić information content (AvgIpc) is 2.81. The Kier molecular flexibility index (Phi) is 6.49. The van der Waals surface area contributed by atoms with Gasteiger partial charge < -0.3 is 10.6 Å². The number of amides is 3. The molecule has 3 aromatic carbocycles. The second-order valence-electron chi connectivity index (χ2n) is 7.39. The Morgan fingerprint density at radius 3 is 2.24 bits per heavy atom. The summed E-state index contributed by atoms with van der Waals surface area (Å²) in [5, 5.41) is 7.00. The minimum atomic E-state index is -0.449. The first-order valence-electron chi connectivity index (χ1n) is 10.1. The van der Waals surface area contributed by atoms with Crippen molar-refractivity contribution in [2.24, 2.45) is 0 Å². The number of nitrogens with zero attached hydrogens (tertiary/aromatic N) is 2. The molecule has 0 unspecified atom stereocenters. The maximum Gasteiger partial charge on any atom is 0.326 e. The summed E-state index contributed by atoms with van der Waals surface area (Å²) in [6.07, 6.45) is 1.65. The second-order valence-corrected chi connectivity index (χ2v) is 8.21. The van der Waals surface area contributed by atoms with E-state index in [9.17, 15) is 9.59 Å². The van der Waals surface area contributed by atoms with Crippen LogP contribution in [0, 0.1) is 6.92 Å². The smallest absolute Gasteiger partial charge is 0.320 e. The predicted octanol–water partition coefficient (Wildman–Crippen LogP) is 6.77. The molecule has 0 aliphatic carbocycles. The second kappa shape index (κ2) is 9.48. The van der Waals surface area contributed by atoms with Crippen LogP contribution < -0.4 is 15.5 Å². The molecule has 0 aliphatic rings. The maximum absolute atomic E-state index is 12.9. The molecule has 4 rings (SSSR count). The van der Waals surface area contributed by atoms with E-state index in [1.807, 2.05) is 43.3 Å². The number of para-hydroxylation sites is 2. The number of benzene rings is 3. The molecule has 0 atom stereocenters. The molecule has 6 nitrogen and oxygen atoms in total. The molecule has 0 radical (unpaired) electrons. The number of carbonyl (C=O) groups is 2. The first-order chi connectivity index (χ1) is 15.9. The van der Waals surface area contributed by atoms with Crippen LogP contribution in [0.1, 0.15) is 15.9 Å². The third kappa shape index (κ3) is 4.62. The summed E-state index contributed by atoms with van der Waals surface area (Å²) in [6.45, 7) is 1.86. The van der Waals surface area contributed by atoms with Gasteiger partial charge in [0.25, 0.3) is 5.91 Å². The van der Waals surface area contributed by atoms with Gasteiger partial charge in [-0.2, -0.15) is 0 Å². The van der Waals surface area contributed by atoms with Crippen LogP contribution in [0.5, 0.6) is 0 Å². The van der Waals surface area contributed by atoms with Crippen LogP contribution in [0.15, 0.2) is 72.9 Å². The van der Waals surface area contributed by atoms with Crippen molar-refractivity contribution in [3.8, 4) is 0 Å². The number of aromatic nitrogens is 1. The minimum Gasteiger partial charge on any atom is -0.320 e. The van der Waals surface area contributed by atoms with E-state index < -0.39 is 5.91 Å². The lowest BCUT2D eigenvalue weighted by atomic mass is 10.1. The zero-order valence-corrected chi connectivity index (χ0v) is 19.4. The molecule has 0 saturated carbocycles. The van der Waals surface area contributed by atoms with E-state index in [4.69, 9.17) is 23.2 Å². The zero-order chi connectivity index (χ0) is 23.5. The lowest BCUT2D eigenvalue weighted by molar-refractivity contribution is 0.102. The molecule has 8 heteroatoms. The van der Waals surface area contributed by atoms with Gasteiger partial charge in [-0.25, -0.2) is 4.79 Å². The number of pyridine rings is 1.